The highest BCUT2D eigenvalue weighted by Crippen LogP contribution is 2.14. The topological polar surface area (TPSA) is 102 Å². The molecule has 7 nitrogen and oxygen atoms in total. The summed E-state index contributed by atoms with van der Waals surface area (Å²) in [6, 6.07) is 17.5. The number of benzene rings is 2. The fourth-order valence-electron chi connectivity index (χ4n) is 3.24. The molecule has 2 rings (SSSR count). The average Bonchev–Trinajstić information content (AvgIpc) is 2.73. The van der Waals surface area contributed by atoms with E-state index in [1.54, 1.807) is 11.8 Å². The summed E-state index contributed by atoms with van der Waals surface area (Å²) in [7, 11) is 0. The van der Waals surface area contributed by atoms with Crippen molar-refractivity contribution in [2.45, 2.75) is 52.4 Å². The number of hydrogen-bond acceptors (Lipinski definition) is 4. The summed E-state index contributed by atoms with van der Waals surface area (Å²) in [4.78, 5) is 38.7. The van der Waals surface area contributed by atoms with Crippen molar-refractivity contribution in [3.63, 3.8) is 0 Å². The van der Waals surface area contributed by atoms with Gasteiger partial charge in [0.1, 0.15) is 6.04 Å². The number of ether oxygens (including phenoxy) is 1. The maximum absolute atomic E-state index is 13.2. The highest BCUT2D eigenvalue weighted by atomic mass is 16.5. The highest BCUT2D eigenvalue weighted by Gasteiger charge is 2.29. The van der Waals surface area contributed by atoms with Gasteiger partial charge >= 0.3 is 12.0 Å². The molecule has 0 saturated heterocycles. The molecule has 0 aliphatic heterocycles. The van der Waals surface area contributed by atoms with Gasteiger partial charge in [-0.2, -0.15) is 0 Å². The minimum atomic E-state index is -1.01. The van der Waals surface area contributed by atoms with Crippen LogP contribution in [0.25, 0.3) is 0 Å². The molecule has 2 atom stereocenters. The Balaban J connectivity index is 2.13. The van der Waals surface area contributed by atoms with Gasteiger partial charge in [0.2, 0.25) is 0 Å². The predicted octanol–water partition coefficient (Wildman–Crippen LogP) is 3.23. The van der Waals surface area contributed by atoms with Crippen molar-refractivity contribution in [2.75, 3.05) is 0 Å². The van der Waals surface area contributed by atoms with Gasteiger partial charge in [-0.05, 0) is 30.4 Å². The number of primary amides is 1. The third-order valence-corrected chi connectivity index (χ3v) is 4.69. The molecule has 0 aliphatic rings. The molecule has 0 fully saturated rings. The Morgan fingerprint density at radius 3 is 1.81 bits per heavy atom. The summed E-state index contributed by atoms with van der Waals surface area (Å²) >= 11 is 0. The molecule has 3 amide bonds. The van der Waals surface area contributed by atoms with E-state index in [0.29, 0.717) is 19.5 Å². The molecular weight excluding hydrogens is 394 g/mol. The Hall–Kier alpha value is -3.35. The van der Waals surface area contributed by atoms with Crippen LogP contribution in [0.2, 0.25) is 0 Å². The predicted molar refractivity (Wildman–Crippen MR) is 119 cm³/mol. The molecule has 0 spiro atoms. The lowest BCUT2D eigenvalue weighted by molar-refractivity contribution is -0.161. The van der Waals surface area contributed by atoms with Gasteiger partial charge in [0.15, 0.2) is 6.10 Å². The second-order valence-corrected chi connectivity index (χ2v) is 7.94. The quantitative estimate of drug-likeness (QED) is 0.571. The van der Waals surface area contributed by atoms with E-state index in [1.165, 1.54) is 0 Å². The van der Waals surface area contributed by atoms with Crippen LogP contribution in [0, 0.1) is 5.92 Å². The van der Waals surface area contributed by atoms with Crippen LogP contribution in [0.1, 0.15) is 38.3 Å². The number of nitrogens with two attached hydrogens (primary N) is 1. The van der Waals surface area contributed by atoms with Gasteiger partial charge in [-0.1, -0.05) is 74.5 Å². The molecule has 2 aromatic rings. The molecular formula is C24H31N3O4. The Labute approximate surface area is 183 Å². The normalized spacial score (nSPS) is 12.6. The maximum atomic E-state index is 13.2. The third kappa shape index (κ3) is 8.12. The second-order valence-electron chi connectivity index (χ2n) is 7.94. The Morgan fingerprint density at radius 1 is 0.903 bits per heavy atom. The van der Waals surface area contributed by atoms with E-state index >= 15 is 0 Å². The summed E-state index contributed by atoms with van der Waals surface area (Å²) in [5.41, 5.74) is 7.13. The molecule has 0 heterocycles. The van der Waals surface area contributed by atoms with Crippen molar-refractivity contribution in [1.29, 1.82) is 0 Å². The van der Waals surface area contributed by atoms with E-state index in [1.807, 2.05) is 74.5 Å². The van der Waals surface area contributed by atoms with E-state index in [2.05, 4.69) is 5.32 Å². The Morgan fingerprint density at radius 2 is 1.39 bits per heavy atom. The lowest BCUT2D eigenvalue weighted by Gasteiger charge is -2.27. The van der Waals surface area contributed by atoms with E-state index in [4.69, 9.17) is 10.5 Å². The maximum Gasteiger partial charge on any atom is 0.329 e. The standard InChI is InChI=1S/C24H31N3O4/c1-17(2)14-21(26-24(25)30)23(29)31-18(3)22(28)27(15-19-10-6-4-7-11-19)16-20-12-8-5-9-13-20/h4-13,17-18,21H,14-16H2,1-3H3,(H3,25,26,30)/t18-,21+/m1/s1. The van der Waals surface area contributed by atoms with Crippen molar-refractivity contribution >= 4 is 17.9 Å². The second kappa shape index (κ2) is 11.7. The first-order valence-corrected chi connectivity index (χ1v) is 10.4. The molecule has 3 N–H and O–H groups in total. The van der Waals surface area contributed by atoms with Gasteiger partial charge in [-0.15, -0.1) is 0 Å². The molecule has 2 aromatic carbocycles. The van der Waals surface area contributed by atoms with E-state index < -0.39 is 24.1 Å². The van der Waals surface area contributed by atoms with Crippen LogP contribution in [0.4, 0.5) is 4.79 Å². The third-order valence-electron chi connectivity index (χ3n) is 4.69. The SMILES string of the molecule is CC(C)C[C@H](NC(N)=O)C(=O)O[C@H](C)C(=O)N(Cc1ccccc1)Cc1ccccc1. The molecule has 0 bridgehead atoms. The lowest BCUT2D eigenvalue weighted by Crippen LogP contribution is -2.47. The van der Waals surface area contributed by atoms with E-state index in [-0.39, 0.29) is 11.8 Å². The summed E-state index contributed by atoms with van der Waals surface area (Å²) in [5, 5.41) is 2.40. The van der Waals surface area contributed by atoms with Crippen LogP contribution in [0.5, 0.6) is 0 Å². The molecule has 166 valence electrons. The fraction of sp³-hybridized carbons (Fsp3) is 0.375. The number of nitrogens with one attached hydrogen (secondary N) is 1. The van der Waals surface area contributed by atoms with Crippen LogP contribution >= 0.6 is 0 Å². The number of amides is 3. The van der Waals surface area contributed by atoms with Crippen LogP contribution in [0.3, 0.4) is 0 Å². The first-order valence-electron chi connectivity index (χ1n) is 10.4. The zero-order valence-electron chi connectivity index (χ0n) is 18.3. The summed E-state index contributed by atoms with van der Waals surface area (Å²) in [5.74, 6) is -0.862. The molecule has 7 heteroatoms. The van der Waals surface area contributed by atoms with E-state index in [0.717, 1.165) is 11.1 Å². The number of carbonyl (C=O) groups is 3. The number of esters is 1. The lowest BCUT2D eigenvalue weighted by atomic mass is 10.0. The van der Waals surface area contributed by atoms with Crippen LogP contribution in [0.15, 0.2) is 60.7 Å². The smallest absolute Gasteiger partial charge is 0.329 e. The van der Waals surface area contributed by atoms with Gasteiger partial charge < -0.3 is 20.7 Å². The molecule has 0 aromatic heterocycles. The van der Waals surface area contributed by atoms with Gasteiger partial charge in [-0.3, -0.25) is 4.79 Å². The number of hydrogen-bond donors (Lipinski definition) is 2. The first kappa shape index (κ1) is 23.9. The monoisotopic (exact) mass is 425 g/mol. The van der Waals surface area contributed by atoms with Crippen molar-refractivity contribution in [2.24, 2.45) is 11.7 Å². The molecule has 0 aliphatic carbocycles. The van der Waals surface area contributed by atoms with Gasteiger partial charge in [0.05, 0.1) is 0 Å². The number of nitrogens with zero attached hydrogens (tertiary/aromatic N) is 1. The van der Waals surface area contributed by atoms with Crippen LogP contribution < -0.4 is 11.1 Å². The van der Waals surface area contributed by atoms with Crippen molar-refractivity contribution in [1.82, 2.24) is 10.2 Å². The van der Waals surface area contributed by atoms with Crippen LogP contribution in [-0.2, 0) is 27.4 Å². The highest BCUT2D eigenvalue weighted by molar-refractivity contribution is 5.87. The molecule has 0 saturated carbocycles. The van der Waals surface area contributed by atoms with Crippen molar-refractivity contribution in [3.05, 3.63) is 71.8 Å². The Bertz CT molecular complexity index is 814. The molecule has 31 heavy (non-hydrogen) atoms. The zero-order valence-corrected chi connectivity index (χ0v) is 18.3. The summed E-state index contributed by atoms with van der Waals surface area (Å²) in [6.45, 7) is 6.13. The van der Waals surface area contributed by atoms with Crippen molar-refractivity contribution in [3.8, 4) is 0 Å². The first-order chi connectivity index (χ1) is 14.8. The van der Waals surface area contributed by atoms with Gasteiger partial charge in [0.25, 0.3) is 5.91 Å². The largest absolute Gasteiger partial charge is 0.451 e. The minimum absolute atomic E-state index is 0.128. The number of carbonyl (C=O) groups excluding carboxylic acids is 3. The molecule has 0 unspecified atom stereocenters. The average molecular weight is 426 g/mol. The van der Waals surface area contributed by atoms with E-state index in [9.17, 15) is 14.4 Å². The number of urea groups is 1. The van der Waals surface area contributed by atoms with Crippen LogP contribution in [-0.4, -0.2) is 35.0 Å². The summed E-state index contributed by atoms with van der Waals surface area (Å²) in [6.07, 6.45) is -0.648. The zero-order chi connectivity index (χ0) is 22.8. The fourth-order valence-corrected chi connectivity index (χ4v) is 3.24. The van der Waals surface area contributed by atoms with Gasteiger partial charge in [-0.25, -0.2) is 9.59 Å². The summed E-state index contributed by atoms with van der Waals surface area (Å²) < 4.78 is 5.43. The van der Waals surface area contributed by atoms with Crippen molar-refractivity contribution < 1.29 is 19.1 Å². The molecule has 0 radical (unpaired) electrons. The van der Waals surface area contributed by atoms with Gasteiger partial charge in [0, 0.05) is 13.1 Å². The number of rotatable bonds is 10. The minimum Gasteiger partial charge on any atom is -0.451 e. The Kier molecular flexibility index (Phi) is 9.06.